The van der Waals surface area contributed by atoms with Crippen LogP contribution in [0.4, 0.5) is 13.2 Å². The van der Waals surface area contributed by atoms with E-state index in [9.17, 15) is 18.0 Å². The van der Waals surface area contributed by atoms with Gasteiger partial charge in [0.1, 0.15) is 12.4 Å². The van der Waals surface area contributed by atoms with Crippen molar-refractivity contribution in [2.75, 3.05) is 19.9 Å². The number of hydrogen-bond acceptors (Lipinski definition) is 6. The summed E-state index contributed by atoms with van der Waals surface area (Å²) in [7, 11) is 0. The van der Waals surface area contributed by atoms with Crippen molar-refractivity contribution < 1.29 is 27.4 Å². The molecule has 1 atom stereocenters. The van der Waals surface area contributed by atoms with Gasteiger partial charge in [-0.05, 0) is 32.0 Å². The zero-order valence-corrected chi connectivity index (χ0v) is 14.9. The van der Waals surface area contributed by atoms with Crippen LogP contribution in [0.2, 0.25) is 0 Å². The van der Waals surface area contributed by atoms with E-state index in [0.717, 1.165) is 5.56 Å². The van der Waals surface area contributed by atoms with Crippen molar-refractivity contribution in [2.45, 2.75) is 38.1 Å². The Kier molecular flexibility index (Phi) is 5.18. The van der Waals surface area contributed by atoms with Gasteiger partial charge in [0.05, 0.1) is 11.7 Å². The Morgan fingerprint density at radius 2 is 2.04 bits per heavy atom. The Hall–Kier alpha value is -2.49. The van der Waals surface area contributed by atoms with Crippen LogP contribution in [-0.4, -0.2) is 49.5 Å². The summed E-state index contributed by atoms with van der Waals surface area (Å²) >= 11 is 0. The van der Waals surface area contributed by atoms with E-state index >= 15 is 0 Å². The molecule has 2 heterocycles. The first kappa shape index (κ1) is 19.3. The molecular weight excluding hydrogens is 365 g/mol. The molecule has 3 N–H and O–H groups in total. The van der Waals surface area contributed by atoms with E-state index in [1.165, 1.54) is 13.8 Å². The first-order valence-corrected chi connectivity index (χ1v) is 8.48. The normalized spacial score (nSPS) is 19.3. The highest BCUT2D eigenvalue weighted by Gasteiger charge is 2.35. The molecule has 0 saturated carbocycles. The van der Waals surface area contributed by atoms with Crippen molar-refractivity contribution in [3.63, 3.8) is 0 Å². The van der Waals surface area contributed by atoms with E-state index in [0.29, 0.717) is 30.3 Å². The first-order valence-electron chi connectivity index (χ1n) is 8.48. The van der Waals surface area contributed by atoms with Crippen molar-refractivity contribution in [2.24, 2.45) is 4.99 Å². The average molecular weight is 386 g/mol. The van der Waals surface area contributed by atoms with Crippen LogP contribution in [0, 0.1) is 0 Å². The maximum atomic E-state index is 12.3. The average Bonchev–Trinajstić information content (AvgIpc) is 3.06. The third-order valence-electron chi connectivity index (χ3n) is 4.20. The molecule has 7 nitrogen and oxygen atoms in total. The molecule has 1 aromatic rings. The summed E-state index contributed by atoms with van der Waals surface area (Å²) in [5.41, 5.74) is -0.398. The number of fused-ring (bicyclic) bond motifs is 1. The summed E-state index contributed by atoms with van der Waals surface area (Å²) in [5.74, 6) is 1.17. The second-order valence-electron chi connectivity index (χ2n) is 6.85. The molecule has 0 radical (unpaired) electrons. The number of ether oxygens (including phenoxy) is 2. The fourth-order valence-corrected chi connectivity index (χ4v) is 2.82. The summed E-state index contributed by atoms with van der Waals surface area (Å²) in [6, 6.07) is 5.42. The SMILES string of the molecule is CC(C)(NC1CCN=C(c2ccc3c(c2)OCO3)N1)C(=O)NCC(F)(F)F. The second-order valence-corrected chi connectivity index (χ2v) is 6.85. The van der Waals surface area contributed by atoms with Crippen molar-refractivity contribution in [1.82, 2.24) is 16.0 Å². The van der Waals surface area contributed by atoms with E-state index in [1.807, 2.05) is 11.4 Å². The second kappa shape index (κ2) is 7.26. The van der Waals surface area contributed by atoms with Crippen LogP contribution in [0.3, 0.4) is 0 Å². The molecule has 148 valence electrons. The van der Waals surface area contributed by atoms with Crippen molar-refractivity contribution >= 4 is 11.7 Å². The topological polar surface area (TPSA) is 84.0 Å². The van der Waals surface area contributed by atoms with Crippen LogP contribution >= 0.6 is 0 Å². The Bertz CT molecular complexity index is 749. The van der Waals surface area contributed by atoms with E-state index in [-0.39, 0.29) is 13.0 Å². The van der Waals surface area contributed by atoms with Crippen LogP contribution in [0.15, 0.2) is 23.2 Å². The summed E-state index contributed by atoms with van der Waals surface area (Å²) < 4.78 is 47.6. The Morgan fingerprint density at radius 3 is 2.78 bits per heavy atom. The van der Waals surface area contributed by atoms with Crippen molar-refractivity contribution in [1.29, 1.82) is 0 Å². The highest BCUT2D eigenvalue weighted by atomic mass is 19.4. The number of halogens is 3. The molecule has 2 aliphatic heterocycles. The third-order valence-corrected chi connectivity index (χ3v) is 4.20. The molecule has 0 aliphatic carbocycles. The molecule has 0 fully saturated rings. The summed E-state index contributed by atoms with van der Waals surface area (Å²) in [5, 5.41) is 8.15. The molecule has 1 aromatic carbocycles. The van der Waals surface area contributed by atoms with Gasteiger partial charge in [-0.3, -0.25) is 15.1 Å². The van der Waals surface area contributed by atoms with Crippen molar-refractivity contribution in [3.05, 3.63) is 23.8 Å². The fraction of sp³-hybridized carbons (Fsp3) is 0.529. The Balaban J connectivity index is 1.62. The van der Waals surface area contributed by atoms with E-state index < -0.39 is 24.2 Å². The predicted molar refractivity (Wildman–Crippen MR) is 91.8 cm³/mol. The Morgan fingerprint density at radius 1 is 1.30 bits per heavy atom. The van der Waals surface area contributed by atoms with Gasteiger partial charge in [0, 0.05) is 18.5 Å². The number of nitrogens with zero attached hydrogens (tertiary/aromatic N) is 1. The van der Waals surface area contributed by atoms with Gasteiger partial charge in [-0.1, -0.05) is 0 Å². The maximum absolute atomic E-state index is 12.3. The summed E-state index contributed by atoms with van der Waals surface area (Å²) in [6.07, 6.45) is -4.19. The lowest BCUT2D eigenvalue weighted by Crippen LogP contribution is -2.61. The highest BCUT2D eigenvalue weighted by molar-refractivity contribution is 6.00. The number of alkyl halides is 3. The van der Waals surface area contributed by atoms with Crippen LogP contribution in [0.25, 0.3) is 0 Å². The van der Waals surface area contributed by atoms with Crippen LogP contribution in [-0.2, 0) is 4.79 Å². The van der Waals surface area contributed by atoms with Crippen LogP contribution in [0.1, 0.15) is 25.8 Å². The molecule has 3 rings (SSSR count). The summed E-state index contributed by atoms with van der Waals surface area (Å²) in [6.45, 7) is 2.39. The number of amides is 1. The number of carbonyl (C=O) groups excluding carboxylic acids is 1. The van der Waals surface area contributed by atoms with E-state index in [1.54, 1.807) is 12.1 Å². The Labute approximate surface area is 154 Å². The van der Waals surface area contributed by atoms with Gasteiger partial charge in [0.25, 0.3) is 0 Å². The number of aliphatic imine (C=N–C) groups is 1. The number of hydrogen-bond donors (Lipinski definition) is 3. The lowest BCUT2D eigenvalue weighted by molar-refractivity contribution is -0.141. The van der Waals surface area contributed by atoms with Gasteiger partial charge < -0.3 is 20.1 Å². The molecule has 0 spiro atoms. The predicted octanol–water partition coefficient (Wildman–Crippen LogP) is 1.53. The van der Waals surface area contributed by atoms with Crippen molar-refractivity contribution in [3.8, 4) is 11.5 Å². The molecule has 1 unspecified atom stereocenters. The number of amidine groups is 1. The minimum Gasteiger partial charge on any atom is -0.454 e. The number of benzene rings is 1. The largest absolute Gasteiger partial charge is 0.454 e. The van der Waals surface area contributed by atoms with Gasteiger partial charge >= 0.3 is 6.18 Å². The molecule has 1 amide bonds. The zero-order chi connectivity index (χ0) is 19.7. The van der Waals surface area contributed by atoms with Gasteiger partial charge in [-0.2, -0.15) is 13.2 Å². The van der Waals surface area contributed by atoms with E-state index in [4.69, 9.17) is 9.47 Å². The van der Waals surface area contributed by atoms with Gasteiger partial charge in [0.2, 0.25) is 12.7 Å². The molecule has 0 bridgehead atoms. The molecule has 10 heteroatoms. The fourth-order valence-electron chi connectivity index (χ4n) is 2.82. The minimum absolute atomic E-state index is 0.171. The molecule has 0 aromatic heterocycles. The maximum Gasteiger partial charge on any atom is 0.405 e. The quantitative estimate of drug-likeness (QED) is 0.715. The number of rotatable bonds is 5. The van der Waals surface area contributed by atoms with E-state index in [2.05, 4.69) is 15.6 Å². The van der Waals surface area contributed by atoms with Gasteiger partial charge in [0.15, 0.2) is 11.5 Å². The first-order chi connectivity index (χ1) is 12.6. The summed E-state index contributed by atoms with van der Waals surface area (Å²) in [4.78, 5) is 16.5. The number of nitrogens with one attached hydrogen (secondary N) is 3. The highest BCUT2D eigenvalue weighted by Crippen LogP contribution is 2.32. The smallest absolute Gasteiger partial charge is 0.405 e. The third kappa shape index (κ3) is 4.82. The minimum atomic E-state index is -4.45. The van der Waals surface area contributed by atoms with Gasteiger partial charge in [-0.15, -0.1) is 0 Å². The lowest BCUT2D eigenvalue weighted by atomic mass is 10.0. The lowest BCUT2D eigenvalue weighted by Gasteiger charge is -2.34. The molecule has 0 saturated heterocycles. The van der Waals surface area contributed by atoms with Gasteiger partial charge in [-0.25, -0.2) is 0 Å². The van der Waals surface area contributed by atoms with Crippen LogP contribution < -0.4 is 25.4 Å². The number of carbonyl (C=O) groups is 1. The molecule has 2 aliphatic rings. The van der Waals surface area contributed by atoms with Crippen LogP contribution in [0.5, 0.6) is 11.5 Å². The molecule has 27 heavy (non-hydrogen) atoms. The monoisotopic (exact) mass is 386 g/mol. The standard InChI is InChI=1S/C17H21F3N4O3/c1-16(2,15(25)22-8-17(18,19)20)24-13-5-6-21-14(23-13)10-3-4-11-12(7-10)27-9-26-11/h3-4,7,13,24H,5-6,8-9H2,1-2H3,(H,21,23)(H,22,25). The molecular formula is C17H21F3N4O3. The zero-order valence-electron chi connectivity index (χ0n) is 14.9.